The van der Waals surface area contributed by atoms with E-state index in [1.165, 1.54) is 0 Å². The highest BCUT2D eigenvalue weighted by atomic mass is 16.7. The lowest BCUT2D eigenvalue weighted by Gasteiger charge is -2.48. The van der Waals surface area contributed by atoms with Gasteiger partial charge in [0.15, 0.2) is 12.1 Å². The average molecular weight is 729 g/mol. The molecule has 2 bridgehead atoms. The summed E-state index contributed by atoms with van der Waals surface area (Å²) in [6, 6.07) is 0. The van der Waals surface area contributed by atoms with Crippen molar-refractivity contribution < 1.29 is 52.9 Å². The molecule has 0 saturated carbocycles. The van der Waals surface area contributed by atoms with E-state index in [0.29, 0.717) is 31.3 Å². The van der Waals surface area contributed by atoms with E-state index in [4.69, 9.17) is 37.9 Å². The van der Waals surface area contributed by atoms with E-state index in [1.54, 1.807) is 20.3 Å². The average Bonchev–Trinajstić information content (AvgIpc) is 3.43. The maximum Gasteiger partial charge on any atom is 0.316 e. The van der Waals surface area contributed by atoms with Gasteiger partial charge in [0.05, 0.1) is 37.1 Å². The first kappa shape index (κ1) is 39.5. The molecule has 6 rings (SSSR count). The van der Waals surface area contributed by atoms with Gasteiger partial charge in [-0.2, -0.15) is 0 Å². The van der Waals surface area contributed by atoms with E-state index in [1.807, 2.05) is 45.1 Å². The van der Waals surface area contributed by atoms with Gasteiger partial charge in [-0.1, -0.05) is 64.2 Å². The molecule has 1 aliphatic carbocycles. The summed E-state index contributed by atoms with van der Waals surface area (Å²) in [6.45, 7) is 14.4. The third kappa shape index (κ3) is 7.68. The lowest BCUT2D eigenvalue weighted by molar-refractivity contribution is -0.299. The molecule has 0 aromatic rings. The SMILES string of the molecule is CO[C@H]1C[C@H](O[C@@H]2/C(C)=C/C[C@@H]3C[C@@H](C[C@]4(C=C[C@H](C)[C@@H](C(C)C)O4)O3)OC(=O)[C@@H]3C=C(C)[C@@H](OC)[C@H]4OC/C(=C/C=C/[C@@H]2C)[C@]43O)O[C@@H](C)[C@@H]1O. The lowest BCUT2D eigenvalue weighted by Crippen LogP contribution is -2.58. The Kier molecular flexibility index (Phi) is 12.1. The molecule has 0 aromatic carbocycles. The van der Waals surface area contributed by atoms with Crippen molar-refractivity contribution in [3.8, 4) is 0 Å². The van der Waals surface area contributed by atoms with Crippen molar-refractivity contribution in [3.05, 3.63) is 59.3 Å². The van der Waals surface area contributed by atoms with Gasteiger partial charge >= 0.3 is 5.97 Å². The quantitative estimate of drug-likeness (QED) is 0.290. The van der Waals surface area contributed by atoms with Crippen LogP contribution in [0.1, 0.15) is 74.1 Å². The topological polar surface area (TPSA) is 131 Å². The van der Waals surface area contributed by atoms with Gasteiger partial charge in [0, 0.05) is 45.3 Å². The molecule has 3 fully saturated rings. The van der Waals surface area contributed by atoms with E-state index >= 15 is 0 Å². The van der Waals surface area contributed by atoms with Gasteiger partial charge in [0.2, 0.25) is 0 Å². The van der Waals surface area contributed by atoms with E-state index < -0.39 is 72.3 Å². The van der Waals surface area contributed by atoms with Crippen molar-refractivity contribution in [3.63, 3.8) is 0 Å². The fourth-order valence-corrected chi connectivity index (χ4v) is 9.04. The Labute approximate surface area is 309 Å². The molecule has 52 heavy (non-hydrogen) atoms. The van der Waals surface area contributed by atoms with Crippen LogP contribution in [-0.2, 0) is 42.7 Å². The normalized spacial score (nSPS) is 48.3. The van der Waals surface area contributed by atoms with Crippen LogP contribution in [-0.4, -0.2) is 110 Å². The van der Waals surface area contributed by atoms with Gasteiger partial charge < -0.3 is 48.1 Å². The Bertz CT molecular complexity index is 1450. The predicted molar refractivity (Wildman–Crippen MR) is 193 cm³/mol. The summed E-state index contributed by atoms with van der Waals surface area (Å²) in [4.78, 5) is 14.3. The number of aliphatic hydroxyl groups is 2. The van der Waals surface area contributed by atoms with Crippen LogP contribution < -0.4 is 0 Å². The largest absolute Gasteiger partial charge is 0.462 e. The predicted octanol–water partition coefficient (Wildman–Crippen LogP) is 5.11. The minimum Gasteiger partial charge on any atom is -0.462 e. The smallest absolute Gasteiger partial charge is 0.316 e. The second kappa shape index (κ2) is 15.9. The van der Waals surface area contributed by atoms with Crippen LogP contribution in [0.15, 0.2) is 59.3 Å². The van der Waals surface area contributed by atoms with Crippen LogP contribution in [0.5, 0.6) is 0 Å². The van der Waals surface area contributed by atoms with Crippen LogP contribution in [0.3, 0.4) is 0 Å². The van der Waals surface area contributed by atoms with E-state index in [9.17, 15) is 15.0 Å². The number of esters is 1. The van der Waals surface area contributed by atoms with Crippen LogP contribution in [0.25, 0.3) is 0 Å². The van der Waals surface area contributed by atoms with Crippen LogP contribution in [0.4, 0.5) is 0 Å². The molecular weight excluding hydrogens is 668 g/mol. The molecule has 3 saturated heterocycles. The van der Waals surface area contributed by atoms with E-state index in [2.05, 4.69) is 39.8 Å². The standard InChI is InChI=1S/C41H60O11/c1-22(2)35-25(5)15-16-40(52-35)20-30-18-29(51-40)14-13-24(4)36(50-33-19-32(45-8)34(42)27(7)48-33)23(3)11-10-12-28-21-47-38-37(46-9)26(6)17-31(39(43)49-30)41(28,38)44/h10-13,15-17,22-23,25,27,29-38,42,44H,14,18-21H2,1-9H3/b11-10+,24-13+,28-12-/t23-,25-,27-,29+,30-,31-,32-,33-,34-,35+,36-,37+,38+,40+,41+/m0/s1. The number of methoxy groups -OCH3 is 2. The van der Waals surface area contributed by atoms with Gasteiger partial charge in [0.25, 0.3) is 0 Å². The van der Waals surface area contributed by atoms with Gasteiger partial charge in [-0.15, -0.1) is 0 Å². The number of hydrogen-bond acceptors (Lipinski definition) is 11. The van der Waals surface area contributed by atoms with Gasteiger partial charge in [-0.3, -0.25) is 4.79 Å². The summed E-state index contributed by atoms with van der Waals surface area (Å²) in [5.41, 5.74) is 0.672. The Morgan fingerprint density at radius 1 is 0.962 bits per heavy atom. The molecule has 6 aliphatic rings. The van der Waals surface area contributed by atoms with Crippen molar-refractivity contribution in [2.75, 3.05) is 20.8 Å². The summed E-state index contributed by atoms with van der Waals surface area (Å²) in [6.07, 6.45) is 10.6. The van der Waals surface area contributed by atoms with Crippen LogP contribution >= 0.6 is 0 Å². The highest BCUT2D eigenvalue weighted by molar-refractivity contribution is 5.78. The summed E-state index contributed by atoms with van der Waals surface area (Å²) in [5.74, 6) is -2.29. The van der Waals surface area contributed by atoms with Crippen LogP contribution in [0, 0.1) is 23.7 Å². The maximum absolute atomic E-state index is 14.3. The molecule has 0 amide bonds. The number of ether oxygens (including phenoxy) is 8. The van der Waals surface area contributed by atoms with Crippen LogP contribution in [0.2, 0.25) is 0 Å². The fraction of sp³-hybridized carbons (Fsp3) is 0.732. The second-order valence-electron chi connectivity index (χ2n) is 16.1. The number of hydrogen-bond donors (Lipinski definition) is 2. The number of rotatable bonds is 5. The Morgan fingerprint density at radius 3 is 2.44 bits per heavy atom. The van der Waals surface area contributed by atoms with Crippen molar-refractivity contribution in [1.82, 2.24) is 0 Å². The molecule has 290 valence electrons. The first-order chi connectivity index (χ1) is 24.7. The number of fused-ring (bicyclic) bond motifs is 2. The fourth-order valence-electron chi connectivity index (χ4n) is 9.04. The molecule has 0 unspecified atom stereocenters. The first-order valence-electron chi connectivity index (χ1n) is 19.1. The first-order valence-corrected chi connectivity index (χ1v) is 19.1. The zero-order valence-corrected chi connectivity index (χ0v) is 32.2. The molecular formula is C41H60O11. The summed E-state index contributed by atoms with van der Waals surface area (Å²) in [7, 11) is 3.17. The zero-order chi connectivity index (χ0) is 37.5. The lowest BCUT2D eigenvalue weighted by atomic mass is 9.70. The summed E-state index contributed by atoms with van der Waals surface area (Å²) >= 11 is 0. The third-order valence-electron chi connectivity index (χ3n) is 11.9. The second-order valence-corrected chi connectivity index (χ2v) is 16.1. The Hall–Kier alpha value is -2.19. The maximum atomic E-state index is 14.3. The van der Waals surface area contributed by atoms with Crippen molar-refractivity contribution in [2.45, 2.75) is 147 Å². The summed E-state index contributed by atoms with van der Waals surface area (Å²) in [5, 5.41) is 23.2. The van der Waals surface area contributed by atoms with E-state index in [-0.39, 0.29) is 36.6 Å². The summed E-state index contributed by atoms with van der Waals surface area (Å²) < 4.78 is 50.4. The molecule has 2 N–H and O–H groups in total. The third-order valence-corrected chi connectivity index (χ3v) is 11.9. The van der Waals surface area contributed by atoms with E-state index in [0.717, 1.165) is 11.1 Å². The van der Waals surface area contributed by atoms with Gasteiger partial charge in [0.1, 0.15) is 35.9 Å². The monoisotopic (exact) mass is 728 g/mol. The highest BCUT2D eigenvalue weighted by Crippen LogP contribution is 2.47. The molecule has 5 heterocycles. The minimum absolute atomic E-state index is 0.0762. The molecule has 11 heteroatoms. The number of allylic oxidation sites excluding steroid dienone is 2. The van der Waals surface area contributed by atoms with Crippen molar-refractivity contribution in [2.24, 2.45) is 23.7 Å². The van der Waals surface area contributed by atoms with Gasteiger partial charge in [-0.05, 0) is 55.9 Å². The van der Waals surface area contributed by atoms with Crippen molar-refractivity contribution >= 4 is 5.97 Å². The Morgan fingerprint density at radius 2 is 1.73 bits per heavy atom. The van der Waals surface area contributed by atoms with Gasteiger partial charge in [-0.25, -0.2) is 0 Å². The zero-order valence-electron chi connectivity index (χ0n) is 32.2. The van der Waals surface area contributed by atoms with Crippen molar-refractivity contribution in [1.29, 1.82) is 0 Å². The molecule has 15 atom stereocenters. The number of carbonyl (C=O) groups excluding carboxylic acids is 1. The molecule has 0 radical (unpaired) electrons. The number of aliphatic hydroxyl groups excluding tert-OH is 1. The molecule has 5 aliphatic heterocycles. The minimum atomic E-state index is -1.68. The molecule has 11 nitrogen and oxygen atoms in total. The molecule has 1 spiro atoms. The highest BCUT2D eigenvalue weighted by Gasteiger charge is 2.60. The molecule has 0 aromatic heterocycles. The Balaban J connectivity index is 1.39. The number of carbonyl (C=O) groups is 1.